The Morgan fingerprint density at radius 1 is 0.852 bits per heavy atom. The molecule has 0 aromatic heterocycles. The van der Waals surface area contributed by atoms with Gasteiger partial charge in [-0.3, -0.25) is 4.79 Å². The molecule has 0 bridgehead atoms. The van der Waals surface area contributed by atoms with Crippen LogP contribution in [0.25, 0.3) is 0 Å². The number of ether oxygens (including phenoxy) is 1. The van der Waals surface area contributed by atoms with Crippen LogP contribution in [0.15, 0.2) is 12.2 Å². The standard InChI is InChI=1S/C21H38O6/c1-2-3-4-5-6-7-8-9-10-11-12-13-16(23)14-17-19(24)21(26)20(25)18(15-22)27-17/h12-13,17-22,24-26H,2-11,14-15H2,1H3/b13-12+/t17-,18+,19-,20+,21+/m0/s1. The molecule has 1 fully saturated rings. The van der Waals surface area contributed by atoms with Gasteiger partial charge in [0.2, 0.25) is 0 Å². The molecule has 27 heavy (non-hydrogen) atoms. The Labute approximate surface area is 163 Å². The van der Waals surface area contributed by atoms with E-state index in [9.17, 15) is 20.1 Å². The zero-order chi connectivity index (χ0) is 20.1. The minimum atomic E-state index is -1.43. The van der Waals surface area contributed by atoms with E-state index in [2.05, 4.69) is 6.92 Å². The summed E-state index contributed by atoms with van der Waals surface area (Å²) in [5.74, 6) is -0.199. The Balaban J connectivity index is 2.15. The van der Waals surface area contributed by atoms with Crippen molar-refractivity contribution in [2.75, 3.05) is 6.61 Å². The molecule has 0 amide bonds. The molecule has 5 atom stereocenters. The maximum atomic E-state index is 12.0. The zero-order valence-corrected chi connectivity index (χ0v) is 16.6. The Kier molecular flexibility index (Phi) is 12.8. The molecule has 0 aromatic carbocycles. The lowest BCUT2D eigenvalue weighted by Crippen LogP contribution is -2.58. The molecule has 0 spiro atoms. The SMILES string of the molecule is CCCCCCCCCCC/C=C/C(=O)C[C@@H]1O[C@H](CO)[C@@H](O)[C@H](O)[C@H]1O. The van der Waals surface area contributed by atoms with Gasteiger partial charge in [-0.25, -0.2) is 0 Å². The number of aliphatic hydroxyl groups is 4. The quantitative estimate of drug-likeness (QED) is 0.269. The molecule has 1 aliphatic rings. The van der Waals surface area contributed by atoms with E-state index in [1.165, 1.54) is 57.4 Å². The lowest BCUT2D eigenvalue weighted by atomic mass is 9.92. The predicted octanol–water partition coefficient (Wildman–Crippen LogP) is 2.27. The van der Waals surface area contributed by atoms with Gasteiger partial charge in [0.25, 0.3) is 0 Å². The van der Waals surface area contributed by atoms with Crippen molar-refractivity contribution >= 4 is 5.78 Å². The third kappa shape index (κ3) is 9.30. The Hall–Kier alpha value is -0.790. The fourth-order valence-corrected chi connectivity index (χ4v) is 3.40. The third-order valence-electron chi connectivity index (χ3n) is 5.17. The van der Waals surface area contributed by atoms with Gasteiger partial charge in [-0.1, -0.05) is 64.4 Å². The van der Waals surface area contributed by atoms with Crippen molar-refractivity contribution in [2.45, 2.75) is 108 Å². The van der Waals surface area contributed by atoms with Gasteiger partial charge in [-0.15, -0.1) is 0 Å². The van der Waals surface area contributed by atoms with Gasteiger partial charge in [0.05, 0.1) is 12.7 Å². The largest absolute Gasteiger partial charge is 0.394 e. The van der Waals surface area contributed by atoms with E-state index < -0.39 is 37.1 Å². The van der Waals surface area contributed by atoms with Crippen LogP contribution in [-0.2, 0) is 9.53 Å². The lowest BCUT2D eigenvalue weighted by molar-refractivity contribution is -0.229. The highest BCUT2D eigenvalue weighted by Gasteiger charge is 2.43. The highest BCUT2D eigenvalue weighted by Crippen LogP contribution is 2.23. The first-order valence-corrected chi connectivity index (χ1v) is 10.5. The van der Waals surface area contributed by atoms with Crippen LogP contribution in [-0.4, -0.2) is 63.3 Å². The van der Waals surface area contributed by atoms with Gasteiger partial charge in [-0.05, 0) is 18.9 Å². The zero-order valence-electron chi connectivity index (χ0n) is 16.6. The molecule has 4 N–H and O–H groups in total. The van der Waals surface area contributed by atoms with Crippen LogP contribution < -0.4 is 0 Å². The van der Waals surface area contributed by atoms with Gasteiger partial charge >= 0.3 is 0 Å². The van der Waals surface area contributed by atoms with Gasteiger partial charge < -0.3 is 25.2 Å². The number of hydrogen-bond acceptors (Lipinski definition) is 6. The van der Waals surface area contributed by atoms with Crippen LogP contribution in [0.5, 0.6) is 0 Å². The van der Waals surface area contributed by atoms with E-state index in [0.717, 1.165) is 12.8 Å². The Bertz CT molecular complexity index is 423. The number of carbonyl (C=O) groups excluding carboxylic acids is 1. The molecule has 0 saturated carbocycles. The molecular formula is C21H38O6. The lowest BCUT2D eigenvalue weighted by Gasteiger charge is -2.39. The molecular weight excluding hydrogens is 348 g/mol. The molecule has 0 aromatic rings. The smallest absolute Gasteiger partial charge is 0.158 e. The van der Waals surface area contributed by atoms with E-state index in [-0.39, 0.29) is 12.2 Å². The second kappa shape index (κ2) is 14.2. The van der Waals surface area contributed by atoms with Crippen LogP contribution in [0, 0.1) is 0 Å². The minimum absolute atomic E-state index is 0.0876. The number of rotatable bonds is 14. The van der Waals surface area contributed by atoms with E-state index in [0.29, 0.717) is 0 Å². The molecule has 6 heteroatoms. The summed E-state index contributed by atoms with van der Waals surface area (Å²) in [5.41, 5.74) is 0. The number of carbonyl (C=O) groups is 1. The Morgan fingerprint density at radius 2 is 1.41 bits per heavy atom. The molecule has 0 unspecified atom stereocenters. The number of ketones is 1. The summed E-state index contributed by atoms with van der Waals surface area (Å²) in [4.78, 5) is 12.0. The van der Waals surface area contributed by atoms with Gasteiger partial charge in [0.15, 0.2) is 5.78 Å². The summed E-state index contributed by atoms with van der Waals surface area (Å²) in [7, 11) is 0. The summed E-state index contributed by atoms with van der Waals surface area (Å²) < 4.78 is 5.34. The highest BCUT2D eigenvalue weighted by atomic mass is 16.5. The van der Waals surface area contributed by atoms with Crippen molar-refractivity contribution < 1.29 is 30.0 Å². The number of aliphatic hydroxyl groups excluding tert-OH is 4. The monoisotopic (exact) mass is 386 g/mol. The first kappa shape index (κ1) is 24.2. The van der Waals surface area contributed by atoms with Crippen molar-refractivity contribution in [3.05, 3.63) is 12.2 Å². The normalized spacial score (nSPS) is 28.7. The van der Waals surface area contributed by atoms with Crippen LogP contribution in [0.2, 0.25) is 0 Å². The molecule has 1 aliphatic heterocycles. The number of unbranched alkanes of at least 4 members (excludes halogenated alkanes) is 9. The van der Waals surface area contributed by atoms with E-state index in [1.807, 2.05) is 6.08 Å². The van der Waals surface area contributed by atoms with Crippen molar-refractivity contribution in [3.8, 4) is 0 Å². The van der Waals surface area contributed by atoms with E-state index in [4.69, 9.17) is 9.84 Å². The van der Waals surface area contributed by atoms with Crippen LogP contribution in [0.3, 0.4) is 0 Å². The molecule has 158 valence electrons. The first-order valence-electron chi connectivity index (χ1n) is 10.5. The fraction of sp³-hybridized carbons (Fsp3) is 0.857. The second-order valence-electron chi connectivity index (χ2n) is 7.56. The molecule has 1 rings (SSSR count). The average molecular weight is 387 g/mol. The van der Waals surface area contributed by atoms with Gasteiger partial charge in [-0.2, -0.15) is 0 Å². The van der Waals surface area contributed by atoms with Crippen LogP contribution >= 0.6 is 0 Å². The summed E-state index contributed by atoms with van der Waals surface area (Å²) >= 11 is 0. The summed E-state index contributed by atoms with van der Waals surface area (Å²) in [6.07, 6.45) is 9.37. The van der Waals surface area contributed by atoms with E-state index >= 15 is 0 Å². The van der Waals surface area contributed by atoms with Crippen molar-refractivity contribution in [1.82, 2.24) is 0 Å². The predicted molar refractivity (Wildman–Crippen MR) is 104 cm³/mol. The van der Waals surface area contributed by atoms with Crippen molar-refractivity contribution in [3.63, 3.8) is 0 Å². The van der Waals surface area contributed by atoms with Gasteiger partial charge in [0, 0.05) is 6.42 Å². The highest BCUT2D eigenvalue weighted by molar-refractivity contribution is 5.90. The fourth-order valence-electron chi connectivity index (χ4n) is 3.40. The number of allylic oxidation sites excluding steroid dienone is 2. The second-order valence-corrected chi connectivity index (χ2v) is 7.56. The van der Waals surface area contributed by atoms with E-state index in [1.54, 1.807) is 0 Å². The Morgan fingerprint density at radius 3 is 2.00 bits per heavy atom. The van der Waals surface area contributed by atoms with Crippen molar-refractivity contribution in [2.24, 2.45) is 0 Å². The maximum absolute atomic E-state index is 12.0. The van der Waals surface area contributed by atoms with Crippen LogP contribution in [0.1, 0.15) is 77.6 Å². The molecule has 0 radical (unpaired) electrons. The molecule has 0 aliphatic carbocycles. The first-order chi connectivity index (χ1) is 13.0. The van der Waals surface area contributed by atoms with Crippen LogP contribution in [0.4, 0.5) is 0 Å². The third-order valence-corrected chi connectivity index (χ3v) is 5.17. The maximum Gasteiger partial charge on any atom is 0.158 e. The topological polar surface area (TPSA) is 107 Å². The molecule has 1 heterocycles. The summed E-state index contributed by atoms with van der Waals surface area (Å²) in [6, 6.07) is 0. The van der Waals surface area contributed by atoms with Gasteiger partial charge in [0.1, 0.15) is 24.4 Å². The number of hydrogen-bond donors (Lipinski definition) is 4. The van der Waals surface area contributed by atoms with Crippen molar-refractivity contribution in [1.29, 1.82) is 0 Å². The average Bonchev–Trinajstić information content (AvgIpc) is 2.66. The summed E-state index contributed by atoms with van der Waals surface area (Å²) in [5, 5.41) is 38.6. The molecule has 6 nitrogen and oxygen atoms in total. The minimum Gasteiger partial charge on any atom is -0.394 e. The summed E-state index contributed by atoms with van der Waals surface area (Å²) in [6.45, 7) is 1.74. The molecule has 1 saturated heterocycles.